The molecule has 0 fully saturated rings. The van der Waals surface area contributed by atoms with E-state index >= 15 is 0 Å². The molecule has 2 N–H and O–H groups in total. The molecule has 0 bridgehead atoms. The maximum absolute atomic E-state index is 11.6. The molecule has 0 unspecified atom stereocenters. The monoisotopic (exact) mass is 314 g/mol. The number of hydrogen-bond donors (Lipinski definition) is 2. The lowest BCUT2D eigenvalue weighted by Gasteiger charge is -2.21. The van der Waals surface area contributed by atoms with Gasteiger partial charge < -0.3 is 20.0 Å². The summed E-state index contributed by atoms with van der Waals surface area (Å²) in [6.45, 7) is 7.87. The van der Waals surface area contributed by atoms with Crippen LogP contribution in [0.1, 0.15) is 27.7 Å². The number of rotatable bonds is 8. The second-order valence-corrected chi connectivity index (χ2v) is 6.28. The maximum Gasteiger partial charge on any atom is 0.344 e. The first-order valence-corrected chi connectivity index (χ1v) is 6.86. The van der Waals surface area contributed by atoms with Crippen molar-refractivity contribution in [1.29, 1.82) is 0 Å². The van der Waals surface area contributed by atoms with Crippen LogP contribution < -0.4 is 5.43 Å². The van der Waals surface area contributed by atoms with Crippen molar-refractivity contribution in [3.8, 4) is 0 Å². The van der Waals surface area contributed by atoms with Gasteiger partial charge in [0.1, 0.15) is 5.57 Å². The highest BCUT2D eigenvalue weighted by atomic mass is 16.5. The van der Waals surface area contributed by atoms with Gasteiger partial charge in [0.15, 0.2) is 0 Å². The third-order valence-electron chi connectivity index (χ3n) is 2.80. The highest BCUT2D eigenvalue weighted by Crippen LogP contribution is 2.18. The number of esters is 2. The van der Waals surface area contributed by atoms with Crippen LogP contribution in [0.25, 0.3) is 0 Å². The van der Waals surface area contributed by atoms with Gasteiger partial charge >= 0.3 is 11.9 Å². The van der Waals surface area contributed by atoms with Gasteiger partial charge in [-0.05, 0) is 0 Å². The number of carbonyl (C=O) groups is 2. The molecule has 0 radical (unpaired) electrons. The molecular weight excluding hydrogens is 288 g/mol. The smallest absolute Gasteiger partial charge is 0.344 e. The average molecular weight is 314 g/mol. The lowest BCUT2D eigenvalue weighted by atomic mass is 9.92. The van der Waals surface area contributed by atoms with E-state index in [1.807, 2.05) is 13.8 Å². The number of nitrogens with zero attached hydrogens (tertiary/aromatic N) is 1. The predicted molar refractivity (Wildman–Crippen MR) is 83.3 cm³/mol. The fourth-order valence-electron chi connectivity index (χ4n) is 1.36. The highest BCUT2D eigenvalue weighted by molar-refractivity contribution is 6.14. The summed E-state index contributed by atoms with van der Waals surface area (Å²) in [6, 6.07) is 0. The molecule has 0 saturated carbocycles. The van der Waals surface area contributed by atoms with E-state index in [-0.39, 0.29) is 17.6 Å². The number of allylic oxidation sites excluding steroid dienone is 1. The second kappa shape index (κ2) is 8.53. The molecule has 126 valence electrons. The zero-order chi connectivity index (χ0) is 17.4. The summed E-state index contributed by atoms with van der Waals surface area (Å²) in [6.07, 6.45) is 3.00. The van der Waals surface area contributed by atoms with Crippen LogP contribution in [0.5, 0.6) is 0 Å². The van der Waals surface area contributed by atoms with Crippen LogP contribution in [0, 0.1) is 10.8 Å². The SMILES string of the molecule is COC(=O)C(=CC(C)(C)/C=N\NCC(C)(C)CO)C(=O)OC. The van der Waals surface area contributed by atoms with E-state index in [1.165, 1.54) is 20.3 Å². The largest absolute Gasteiger partial charge is 0.465 e. The maximum atomic E-state index is 11.6. The van der Waals surface area contributed by atoms with Crippen LogP contribution in [-0.4, -0.2) is 50.6 Å². The molecule has 0 aromatic rings. The van der Waals surface area contributed by atoms with Gasteiger partial charge in [-0.3, -0.25) is 0 Å². The Balaban J connectivity index is 5.00. The molecule has 0 aliphatic carbocycles. The number of methoxy groups -OCH3 is 2. The number of aliphatic hydroxyl groups excluding tert-OH is 1. The van der Waals surface area contributed by atoms with Crippen molar-refractivity contribution in [1.82, 2.24) is 5.43 Å². The molecule has 0 spiro atoms. The molecule has 7 nitrogen and oxygen atoms in total. The topological polar surface area (TPSA) is 97.2 Å². The van der Waals surface area contributed by atoms with Gasteiger partial charge in [0.05, 0.1) is 14.2 Å². The van der Waals surface area contributed by atoms with Crippen molar-refractivity contribution in [3.05, 3.63) is 11.6 Å². The fourth-order valence-corrected chi connectivity index (χ4v) is 1.36. The number of hydrogen-bond acceptors (Lipinski definition) is 7. The van der Waals surface area contributed by atoms with Crippen LogP contribution >= 0.6 is 0 Å². The van der Waals surface area contributed by atoms with Gasteiger partial charge in [-0.2, -0.15) is 5.10 Å². The zero-order valence-corrected chi connectivity index (χ0v) is 14.1. The third kappa shape index (κ3) is 7.21. The predicted octanol–water partition coefficient (Wildman–Crippen LogP) is 0.879. The Hall–Kier alpha value is -1.89. The Labute approximate surface area is 131 Å². The van der Waals surface area contributed by atoms with E-state index in [0.717, 1.165) is 0 Å². The van der Waals surface area contributed by atoms with Crippen molar-refractivity contribution in [2.75, 3.05) is 27.4 Å². The lowest BCUT2D eigenvalue weighted by molar-refractivity contribution is -0.144. The molecule has 0 atom stereocenters. The Morgan fingerprint density at radius 2 is 1.64 bits per heavy atom. The molecule has 0 aromatic carbocycles. The molecule has 0 aromatic heterocycles. The molecule has 0 amide bonds. The van der Waals surface area contributed by atoms with Crippen molar-refractivity contribution in [2.45, 2.75) is 27.7 Å². The van der Waals surface area contributed by atoms with E-state index in [9.17, 15) is 9.59 Å². The van der Waals surface area contributed by atoms with Gasteiger partial charge in [0, 0.05) is 30.2 Å². The summed E-state index contributed by atoms with van der Waals surface area (Å²) in [5.41, 5.74) is 1.69. The van der Waals surface area contributed by atoms with Gasteiger partial charge in [-0.25, -0.2) is 9.59 Å². The Morgan fingerprint density at radius 1 is 1.14 bits per heavy atom. The van der Waals surface area contributed by atoms with Crippen LogP contribution in [-0.2, 0) is 19.1 Å². The van der Waals surface area contributed by atoms with Crippen LogP contribution in [0.3, 0.4) is 0 Å². The van der Waals surface area contributed by atoms with Crippen LogP contribution in [0.2, 0.25) is 0 Å². The van der Waals surface area contributed by atoms with Gasteiger partial charge in [0.25, 0.3) is 0 Å². The zero-order valence-electron chi connectivity index (χ0n) is 14.1. The van der Waals surface area contributed by atoms with Crippen molar-refractivity contribution in [2.24, 2.45) is 15.9 Å². The van der Waals surface area contributed by atoms with Gasteiger partial charge in [-0.15, -0.1) is 0 Å². The Kier molecular flexibility index (Phi) is 7.80. The minimum atomic E-state index is -0.761. The lowest BCUT2D eigenvalue weighted by Crippen LogP contribution is -2.30. The minimum Gasteiger partial charge on any atom is -0.465 e. The number of nitrogens with one attached hydrogen (secondary N) is 1. The number of hydrazone groups is 1. The van der Waals surface area contributed by atoms with Gasteiger partial charge in [0.2, 0.25) is 0 Å². The summed E-state index contributed by atoms with van der Waals surface area (Å²) in [7, 11) is 2.39. The molecule has 0 aliphatic rings. The molecule has 7 heteroatoms. The van der Waals surface area contributed by atoms with Crippen molar-refractivity contribution in [3.63, 3.8) is 0 Å². The molecule has 0 heterocycles. The molecule has 0 rings (SSSR count). The van der Waals surface area contributed by atoms with E-state index in [1.54, 1.807) is 20.1 Å². The summed E-state index contributed by atoms with van der Waals surface area (Å²) < 4.78 is 9.14. The van der Waals surface area contributed by atoms with E-state index in [0.29, 0.717) is 6.54 Å². The van der Waals surface area contributed by atoms with Crippen LogP contribution in [0.4, 0.5) is 0 Å². The van der Waals surface area contributed by atoms with Crippen molar-refractivity contribution >= 4 is 18.2 Å². The molecule has 0 aliphatic heterocycles. The Bertz CT molecular complexity index is 435. The summed E-state index contributed by atoms with van der Waals surface area (Å²) in [4.78, 5) is 23.2. The first kappa shape index (κ1) is 20.1. The van der Waals surface area contributed by atoms with Gasteiger partial charge in [-0.1, -0.05) is 33.8 Å². The van der Waals surface area contributed by atoms with E-state index < -0.39 is 17.4 Å². The fraction of sp³-hybridized carbons (Fsp3) is 0.667. The third-order valence-corrected chi connectivity index (χ3v) is 2.80. The highest BCUT2D eigenvalue weighted by Gasteiger charge is 2.24. The first-order valence-electron chi connectivity index (χ1n) is 6.86. The molecule has 0 saturated heterocycles. The van der Waals surface area contributed by atoms with Crippen molar-refractivity contribution < 1.29 is 24.2 Å². The normalized spacial score (nSPS) is 12.0. The molecule has 22 heavy (non-hydrogen) atoms. The van der Waals surface area contributed by atoms with E-state index in [4.69, 9.17) is 5.11 Å². The second-order valence-electron chi connectivity index (χ2n) is 6.28. The Morgan fingerprint density at radius 3 is 2.05 bits per heavy atom. The number of ether oxygens (including phenoxy) is 2. The summed E-state index contributed by atoms with van der Waals surface area (Å²) in [5, 5.41) is 13.2. The summed E-state index contributed by atoms with van der Waals surface area (Å²) in [5.74, 6) is -1.52. The standard InChI is InChI=1S/C15H26N2O5/c1-14(2,8-16-17-9-15(3,4)10-18)7-11(12(19)21-5)13(20)22-6/h7-8,17-18H,9-10H2,1-6H3/b16-8-. The van der Waals surface area contributed by atoms with E-state index in [2.05, 4.69) is 20.0 Å². The summed E-state index contributed by atoms with van der Waals surface area (Å²) >= 11 is 0. The number of aliphatic hydroxyl groups is 1. The quantitative estimate of drug-likeness (QED) is 0.172. The average Bonchev–Trinajstić information content (AvgIpc) is 2.47. The van der Waals surface area contributed by atoms with Crippen LogP contribution in [0.15, 0.2) is 16.8 Å². The molecular formula is C15H26N2O5. The number of carbonyl (C=O) groups excluding carboxylic acids is 2. The minimum absolute atomic E-state index is 0.0354. The first-order chi connectivity index (χ1) is 10.1.